The standard InChI is InChI=1S/C34H46ClN3O10/c1-18-11-10-12-26(45-9)34(43)17-25(46-32(42)36-34)19(2)30-33(5,48-30)27(47-31(41)20(3)37(6)21(4)39)16-28(40)38(7)23-14-22(13-18)15-24(44-8)29(23)35/h10-12,14-15,19-20,25-27,30,43H,13,16-17H2,1-9H3,(H,36,42)/t19-,20+,25+,26-,27+,30+,33-,34+/m1/s1. The van der Waals surface area contributed by atoms with E-state index in [1.165, 1.54) is 44.9 Å². The van der Waals surface area contributed by atoms with Crippen LogP contribution in [0, 0.1) is 5.92 Å². The van der Waals surface area contributed by atoms with E-state index in [0.717, 1.165) is 11.1 Å². The molecule has 0 unspecified atom stereocenters. The minimum absolute atomic E-state index is 0.0436. The lowest BCUT2D eigenvalue weighted by Crippen LogP contribution is -2.63. The Labute approximate surface area is 286 Å². The number of carbonyl (C=O) groups excluding carboxylic acids is 4. The number of epoxide rings is 1. The number of fused-ring (bicyclic) bond motifs is 5. The first-order chi connectivity index (χ1) is 22.4. The topological polar surface area (TPSA) is 156 Å². The number of aliphatic hydroxyl groups is 1. The van der Waals surface area contributed by atoms with E-state index < -0.39 is 65.7 Å². The highest BCUT2D eigenvalue weighted by Gasteiger charge is 2.64. The molecule has 1 aromatic carbocycles. The fourth-order valence-electron chi connectivity index (χ4n) is 6.27. The zero-order valence-electron chi connectivity index (χ0n) is 28.9. The van der Waals surface area contributed by atoms with Gasteiger partial charge in [0, 0.05) is 40.5 Å². The number of methoxy groups -OCH3 is 2. The molecule has 3 heterocycles. The van der Waals surface area contributed by atoms with Crippen LogP contribution in [0.1, 0.15) is 53.0 Å². The molecule has 8 atom stereocenters. The molecular weight excluding hydrogens is 646 g/mol. The number of ether oxygens (including phenoxy) is 5. The van der Waals surface area contributed by atoms with E-state index in [9.17, 15) is 24.3 Å². The van der Waals surface area contributed by atoms with Gasteiger partial charge in [0.25, 0.3) is 0 Å². The van der Waals surface area contributed by atoms with Crippen molar-refractivity contribution >= 4 is 41.2 Å². The summed E-state index contributed by atoms with van der Waals surface area (Å²) in [6, 6.07) is 2.63. The zero-order chi connectivity index (χ0) is 35.7. The van der Waals surface area contributed by atoms with Gasteiger partial charge in [0.15, 0.2) is 5.72 Å². The summed E-state index contributed by atoms with van der Waals surface area (Å²) in [5.41, 5.74) is -0.871. The van der Waals surface area contributed by atoms with Crippen molar-refractivity contribution in [1.29, 1.82) is 0 Å². The smallest absolute Gasteiger partial charge is 0.409 e. The van der Waals surface area contributed by atoms with E-state index in [1.807, 2.05) is 13.0 Å². The summed E-state index contributed by atoms with van der Waals surface area (Å²) in [6.45, 7) is 8.29. The van der Waals surface area contributed by atoms with E-state index in [4.69, 9.17) is 35.3 Å². The normalized spacial score (nSPS) is 31.4. The number of nitrogens with zero attached hydrogens (tertiary/aromatic N) is 2. The molecule has 264 valence electrons. The number of hydrogen-bond donors (Lipinski definition) is 2. The van der Waals surface area contributed by atoms with Gasteiger partial charge in [-0.15, -0.1) is 0 Å². The second-order valence-corrected chi connectivity index (χ2v) is 13.4. The summed E-state index contributed by atoms with van der Waals surface area (Å²) in [5, 5.41) is 14.4. The maximum Gasteiger partial charge on any atom is 0.409 e. The molecule has 0 aliphatic carbocycles. The van der Waals surface area contributed by atoms with Crippen molar-refractivity contribution in [2.45, 2.75) is 95.7 Å². The lowest BCUT2D eigenvalue weighted by atomic mass is 9.83. The molecule has 13 nitrogen and oxygen atoms in total. The predicted molar refractivity (Wildman–Crippen MR) is 177 cm³/mol. The van der Waals surface area contributed by atoms with Crippen LogP contribution in [-0.2, 0) is 39.8 Å². The molecule has 4 bridgehead atoms. The van der Waals surface area contributed by atoms with Crippen LogP contribution < -0.4 is 15.0 Å². The third kappa shape index (κ3) is 7.64. The fourth-order valence-corrected chi connectivity index (χ4v) is 6.59. The first kappa shape index (κ1) is 37.2. The fraction of sp³-hybridized carbons (Fsp3) is 0.588. The van der Waals surface area contributed by atoms with Crippen LogP contribution in [0.3, 0.4) is 0 Å². The minimum Gasteiger partial charge on any atom is -0.495 e. The van der Waals surface area contributed by atoms with Gasteiger partial charge in [-0.05, 0) is 44.9 Å². The van der Waals surface area contributed by atoms with Gasteiger partial charge in [-0.2, -0.15) is 0 Å². The van der Waals surface area contributed by atoms with Crippen LogP contribution in [0.25, 0.3) is 0 Å². The van der Waals surface area contributed by atoms with Crippen LogP contribution >= 0.6 is 11.6 Å². The minimum atomic E-state index is -1.81. The Balaban J connectivity index is 1.80. The molecule has 0 aromatic heterocycles. The number of nitrogens with one attached hydrogen (secondary N) is 1. The molecule has 3 aliphatic heterocycles. The zero-order valence-corrected chi connectivity index (χ0v) is 29.6. The summed E-state index contributed by atoms with van der Waals surface area (Å²) in [5.74, 6) is -1.63. The van der Waals surface area contributed by atoms with Gasteiger partial charge in [-0.25, -0.2) is 9.59 Å². The lowest BCUT2D eigenvalue weighted by molar-refractivity contribution is -0.161. The summed E-state index contributed by atoms with van der Waals surface area (Å²) >= 11 is 6.71. The number of amides is 3. The summed E-state index contributed by atoms with van der Waals surface area (Å²) in [4.78, 5) is 54.7. The highest BCUT2D eigenvalue weighted by Crippen LogP contribution is 2.49. The Morgan fingerprint density at radius 2 is 1.94 bits per heavy atom. The van der Waals surface area contributed by atoms with Crippen LogP contribution in [0.4, 0.5) is 10.5 Å². The number of halogens is 1. The van der Waals surface area contributed by atoms with Crippen molar-refractivity contribution in [3.63, 3.8) is 0 Å². The van der Waals surface area contributed by atoms with Gasteiger partial charge >= 0.3 is 12.1 Å². The maximum absolute atomic E-state index is 14.0. The van der Waals surface area contributed by atoms with Crippen LogP contribution in [-0.4, -0.2) is 104 Å². The van der Waals surface area contributed by atoms with Crippen molar-refractivity contribution < 1.29 is 48.0 Å². The first-order valence-electron chi connectivity index (χ1n) is 15.8. The highest BCUT2D eigenvalue weighted by atomic mass is 35.5. The monoisotopic (exact) mass is 691 g/mol. The van der Waals surface area contributed by atoms with Gasteiger partial charge in [0.2, 0.25) is 11.8 Å². The average molecular weight is 692 g/mol. The van der Waals surface area contributed by atoms with Gasteiger partial charge < -0.3 is 38.6 Å². The van der Waals surface area contributed by atoms with Crippen molar-refractivity contribution in [1.82, 2.24) is 10.2 Å². The molecule has 0 saturated carbocycles. The van der Waals surface area contributed by atoms with Gasteiger partial charge in [-0.3, -0.25) is 14.9 Å². The number of esters is 1. The van der Waals surface area contributed by atoms with E-state index >= 15 is 0 Å². The quantitative estimate of drug-likeness (QED) is 0.346. The second kappa shape index (κ2) is 14.5. The van der Waals surface area contributed by atoms with E-state index in [1.54, 1.807) is 45.2 Å². The summed E-state index contributed by atoms with van der Waals surface area (Å²) in [7, 11) is 5.97. The Kier molecular flexibility index (Phi) is 11.2. The number of alkyl carbamates (subject to hydrolysis) is 1. The lowest BCUT2D eigenvalue weighted by Gasteiger charge is -2.42. The van der Waals surface area contributed by atoms with Gasteiger partial charge in [-0.1, -0.05) is 42.3 Å². The molecule has 3 amide bonds. The highest BCUT2D eigenvalue weighted by molar-refractivity contribution is 6.35. The van der Waals surface area contributed by atoms with E-state index in [0.29, 0.717) is 17.9 Å². The molecule has 2 saturated heterocycles. The molecule has 48 heavy (non-hydrogen) atoms. The maximum atomic E-state index is 14.0. The molecule has 3 aliphatic rings. The van der Waals surface area contributed by atoms with E-state index in [-0.39, 0.29) is 23.8 Å². The molecule has 2 N–H and O–H groups in total. The Bertz CT molecular complexity index is 1500. The van der Waals surface area contributed by atoms with Crippen LogP contribution in [0.5, 0.6) is 5.75 Å². The molecule has 4 rings (SSSR count). The number of allylic oxidation sites excluding steroid dienone is 3. The number of rotatable bonds is 5. The summed E-state index contributed by atoms with van der Waals surface area (Å²) in [6.07, 6.45) is 1.02. The molecule has 0 spiro atoms. The van der Waals surface area contributed by atoms with E-state index in [2.05, 4.69) is 5.32 Å². The Morgan fingerprint density at radius 3 is 2.56 bits per heavy atom. The number of carbonyl (C=O) groups is 4. The van der Waals surface area contributed by atoms with Crippen molar-refractivity contribution in [2.24, 2.45) is 5.92 Å². The Hall–Kier alpha value is -3.65. The van der Waals surface area contributed by atoms with Crippen LogP contribution in [0.2, 0.25) is 5.02 Å². The summed E-state index contributed by atoms with van der Waals surface area (Å²) < 4.78 is 28.9. The third-order valence-corrected chi connectivity index (χ3v) is 10.0. The SMILES string of the molecule is COc1cc2cc(c1Cl)N(C)C(=O)C[C@H](OC(=O)[C@H](C)N(C)C(C)=O)[C@@]1(C)O[C@H]1[C@H](C)[C@@H]1C[C@@](O)(NC(=O)O1)[C@H](OC)C=CC=C(C)C2. The Morgan fingerprint density at radius 1 is 1.25 bits per heavy atom. The number of anilines is 1. The van der Waals surface area contributed by atoms with Crippen LogP contribution in [0.15, 0.2) is 35.9 Å². The number of likely N-dealkylation sites (N-methyl/N-ethyl adjacent to an activating group) is 1. The first-order valence-corrected chi connectivity index (χ1v) is 16.2. The molecule has 1 aromatic rings. The van der Waals surface area contributed by atoms with Crippen molar-refractivity contribution in [3.8, 4) is 5.75 Å². The molecule has 14 heteroatoms. The number of benzene rings is 1. The number of hydrogen-bond acceptors (Lipinski definition) is 10. The molecular formula is C34H46ClN3O10. The molecule has 0 radical (unpaired) electrons. The van der Waals surface area contributed by atoms with Crippen molar-refractivity contribution in [2.75, 3.05) is 33.2 Å². The van der Waals surface area contributed by atoms with Crippen molar-refractivity contribution in [3.05, 3.63) is 46.5 Å². The van der Waals surface area contributed by atoms with Gasteiger partial charge in [0.1, 0.15) is 40.7 Å². The van der Waals surface area contributed by atoms with Gasteiger partial charge in [0.05, 0.1) is 25.3 Å². The second-order valence-electron chi connectivity index (χ2n) is 13.0. The third-order valence-electron chi connectivity index (χ3n) is 9.63. The predicted octanol–water partition coefficient (Wildman–Crippen LogP) is 3.53. The average Bonchev–Trinajstić information content (AvgIpc) is 3.73. The largest absolute Gasteiger partial charge is 0.495 e. The molecule has 2 fully saturated rings.